The van der Waals surface area contributed by atoms with E-state index in [4.69, 9.17) is 14.7 Å². The summed E-state index contributed by atoms with van der Waals surface area (Å²) in [5.41, 5.74) is 2.51. The van der Waals surface area contributed by atoms with E-state index >= 15 is 0 Å². The Hall–Kier alpha value is -3.79. The molecule has 122 valence electrons. The zero-order valence-corrected chi connectivity index (χ0v) is 12.9. The number of nitrogens with zero attached hydrogens (tertiary/aromatic N) is 2. The van der Waals surface area contributed by atoms with Crippen molar-refractivity contribution in [1.29, 1.82) is 5.26 Å². The van der Waals surface area contributed by atoms with Crippen LogP contribution in [-0.4, -0.2) is 22.7 Å². The smallest absolute Gasteiger partial charge is 0.291 e. The van der Waals surface area contributed by atoms with E-state index in [1.165, 1.54) is 6.20 Å². The van der Waals surface area contributed by atoms with Gasteiger partial charge in [-0.3, -0.25) is 4.79 Å². The van der Waals surface area contributed by atoms with Gasteiger partial charge >= 0.3 is 0 Å². The predicted molar refractivity (Wildman–Crippen MR) is 89.3 cm³/mol. The molecule has 2 heterocycles. The zero-order chi connectivity index (χ0) is 17.2. The van der Waals surface area contributed by atoms with E-state index in [0.717, 1.165) is 11.1 Å². The molecule has 1 aliphatic heterocycles. The summed E-state index contributed by atoms with van der Waals surface area (Å²) in [5.74, 6) is 0.805. The number of aromatic nitrogens is 2. The molecule has 25 heavy (non-hydrogen) atoms. The fraction of sp³-hybridized carbons (Fsp3) is 0.0556. The van der Waals surface area contributed by atoms with E-state index in [-0.39, 0.29) is 18.3 Å². The van der Waals surface area contributed by atoms with Crippen molar-refractivity contribution in [2.45, 2.75) is 0 Å². The van der Waals surface area contributed by atoms with E-state index in [9.17, 15) is 4.79 Å². The molecule has 0 saturated heterocycles. The van der Waals surface area contributed by atoms with Gasteiger partial charge in [-0.2, -0.15) is 5.26 Å². The van der Waals surface area contributed by atoms with Crippen LogP contribution in [0.25, 0.3) is 11.1 Å². The van der Waals surface area contributed by atoms with Gasteiger partial charge in [-0.1, -0.05) is 30.3 Å². The molecule has 4 rings (SSSR count). The summed E-state index contributed by atoms with van der Waals surface area (Å²) in [4.78, 5) is 19.0. The highest BCUT2D eigenvalue weighted by Gasteiger charge is 2.20. The van der Waals surface area contributed by atoms with E-state index in [1.54, 1.807) is 6.07 Å². The maximum absolute atomic E-state index is 12.4. The molecule has 0 bridgehead atoms. The molecule has 0 spiro atoms. The number of hydrogen-bond acceptors (Lipinski definition) is 5. The Morgan fingerprint density at radius 1 is 1.20 bits per heavy atom. The Balaban J connectivity index is 1.73. The van der Waals surface area contributed by atoms with Crippen molar-refractivity contribution in [3.63, 3.8) is 0 Å². The molecule has 0 unspecified atom stereocenters. The third-order valence-corrected chi connectivity index (χ3v) is 3.76. The number of carbonyl (C=O) groups excluding carboxylic acids is 1. The number of nitrogens with one attached hydrogen (secondary N) is 2. The van der Waals surface area contributed by atoms with Crippen LogP contribution in [-0.2, 0) is 0 Å². The maximum Gasteiger partial charge on any atom is 0.291 e. The third-order valence-electron chi connectivity index (χ3n) is 3.76. The molecule has 7 nitrogen and oxygen atoms in total. The summed E-state index contributed by atoms with van der Waals surface area (Å²) >= 11 is 0. The number of fused-ring (bicyclic) bond motifs is 1. The highest BCUT2D eigenvalue weighted by Crippen LogP contribution is 2.41. The van der Waals surface area contributed by atoms with Crippen LogP contribution in [0.15, 0.2) is 48.7 Å². The van der Waals surface area contributed by atoms with E-state index in [0.29, 0.717) is 17.2 Å². The van der Waals surface area contributed by atoms with Crippen LogP contribution >= 0.6 is 0 Å². The van der Waals surface area contributed by atoms with Gasteiger partial charge in [0.25, 0.3) is 5.91 Å². The second-order valence-corrected chi connectivity index (χ2v) is 5.33. The number of benzene rings is 2. The minimum Gasteiger partial charge on any atom is -0.454 e. The van der Waals surface area contributed by atoms with Crippen molar-refractivity contribution in [1.82, 2.24) is 9.97 Å². The van der Waals surface area contributed by atoms with E-state index < -0.39 is 5.91 Å². The van der Waals surface area contributed by atoms with E-state index in [2.05, 4.69) is 15.3 Å². The fourth-order valence-electron chi connectivity index (χ4n) is 2.58. The van der Waals surface area contributed by atoms with Gasteiger partial charge in [0.2, 0.25) is 6.79 Å². The van der Waals surface area contributed by atoms with Crippen LogP contribution < -0.4 is 14.8 Å². The summed E-state index contributed by atoms with van der Waals surface area (Å²) in [6.07, 6.45) is 1.31. The number of amides is 1. The third kappa shape index (κ3) is 2.77. The second kappa shape index (κ2) is 6.02. The summed E-state index contributed by atoms with van der Waals surface area (Å²) < 4.78 is 10.8. The second-order valence-electron chi connectivity index (χ2n) is 5.33. The number of imidazole rings is 1. The molecular formula is C18H12N4O3. The van der Waals surface area contributed by atoms with Crippen LogP contribution in [0.4, 0.5) is 5.69 Å². The first kappa shape index (κ1) is 14.8. The summed E-state index contributed by atoms with van der Waals surface area (Å²) in [6.45, 7) is 0.144. The highest BCUT2D eigenvalue weighted by molar-refractivity contribution is 6.04. The molecule has 0 fully saturated rings. The number of carbonyl (C=O) groups is 1. The first-order valence-electron chi connectivity index (χ1n) is 7.50. The highest BCUT2D eigenvalue weighted by atomic mass is 16.7. The lowest BCUT2D eigenvalue weighted by Gasteiger charge is -2.12. The number of rotatable bonds is 3. The summed E-state index contributed by atoms with van der Waals surface area (Å²) in [6, 6.07) is 15.1. The largest absolute Gasteiger partial charge is 0.454 e. The van der Waals surface area contributed by atoms with E-state index in [1.807, 2.05) is 42.5 Å². The molecule has 0 saturated carbocycles. The van der Waals surface area contributed by atoms with Gasteiger partial charge in [0.1, 0.15) is 11.8 Å². The predicted octanol–water partition coefficient (Wildman–Crippen LogP) is 2.93. The molecule has 0 radical (unpaired) electrons. The Labute approximate surface area is 142 Å². The van der Waals surface area contributed by atoms with Gasteiger partial charge in [0, 0.05) is 11.6 Å². The van der Waals surface area contributed by atoms with Crippen LogP contribution in [0.2, 0.25) is 0 Å². The molecule has 2 N–H and O–H groups in total. The number of hydrogen-bond donors (Lipinski definition) is 2. The monoisotopic (exact) mass is 332 g/mol. The molecule has 1 amide bonds. The van der Waals surface area contributed by atoms with Gasteiger partial charge in [0.05, 0.1) is 11.9 Å². The van der Waals surface area contributed by atoms with Crippen molar-refractivity contribution < 1.29 is 14.3 Å². The van der Waals surface area contributed by atoms with Crippen LogP contribution in [0.5, 0.6) is 11.5 Å². The number of nitriles is 1. The average molecular weight is 332 g/mol. The first-order chi connectivity index (χ1) is 12.2. The number of anilines is 1. The standard InChI is InChI=1S/C18H12N4O3/c19-8-12-9-20-17(21-12)18(23)22-14-7-16-15(24-10-25-16)6-13(14)11-4-2-1-3-5-11/h1-7,9H,10H2,(H,20,21)(H,22,23). The molecule has 1 aromatic heterocycles. The zero-order valence-electron chi connectivity index (χ0n) is 12.9. The molecule has 1 aliphatic rings. The maximum atomic E-state index is 12.4. The van der Waals surface area contributed by atoms with Crippen LogP contribution in [0.1, 0.15) is 16.3 Å². The first-order valence-corrected chi connectivity index (χ1v) is 7.50. The van der Waals surface area contributed by atoms with Gasteiger partial charge in [-0.15, -0.1) is 0 Å². The molecular weight excluding hydrogens is 320 g/mol. The quantitative estimate of drug-likeness (QED) is 0.768. The average Bonchev–Trinajstić information content (AvgIpc) is 3.30. The van der Waals surface area contributed by atoms with Gasteiger partial charge in [-0.05, 0) is 11.6 Å². The lowest BCUT2D eigenvalue weighted by atomic mass is 10.0. The number of H-pyrrole nitrogens is 1. The summed E-state index contributed by atoms with van der Waals surface area (Å²) in [5, 5.41) is 11.7. The van der Waals surface area contributed by atoms with Gasteiger partial charge < -0.3 is 19.8 Å². The van der Waals surface area contributed by atoms with Gasteiger partial charge in [-0.25, -0.2) is 4.98 Å². The normalized spacial score (nSPS) is 11.8. The molecule has 7 heteroatoms. The minimum atomic E-state index is -0.447. The molecule has 3 aromatic rings. The number of aromatic amines is 1. The SMILES string of the molecule is N#Cc1cnc(C(=O)Nc2cc3c(cc2-c2ccccc2)OCO3)[nH]1. The molecule has 0 atom stereocenters. The molecule has 2 aromatic carbocycles. The van der Waals surface area contributed by atoms with Crippen molar-refractivity contribution in [2.24, 2.45) is 0 Å². The minimum absolute atomic E-state index is 0.0632. The van der Waals surface area contributed by atoms with Crippen molar-refractivity contribution in [2.75, 3.05) is 12.1 Å². The Morgan fingerprint density at radius 3 is 2.68 bits per heavy atom. The van der Waals surface area contributed by atoms with Crippen LogP contribution in [0.3, 0.4) is 0 Å². The van der Waals surface area contributed by atoms with Crippen molar-refractivity contribution >= 4 is 11.6 Å². The lowest BCUT2D eigenvalue weighted by Crippen LogP contribution is -2.14. The van der Waals surface area contributed by atoms with Crippen molar-refractivity contribution in [3.05, 3.63) is 60.2 Å². The Bertz CT molecular complexity index is 989. The molecule has 0 aliphatic carbocycles. The Kier molecular flexibility index (Phi) is 3.56. The van der Waals surface area contributed by atoms with Crippen LogP contribution in [0, 0.1) is 11.3 Å². The number of ether oxygens (including phenoxy) is 2. The lowest BCUT2D eigenvalue weighted by molar-refractivity contribution is 0.101. The summed E-state index contributed by atoms with van der Waals surface area (Å²) in [7, 11) is 0. The fourth-order valence-corrected chi connectivity index (χ4v) is 2.58. The Morgan fingerprint density at radius 2 is 1.96 bits per heavy atom. The van der Waals surface area contributed by atoms with Gasteiger partial charge in [0.15, 0.2) is 17.3 Å². The van der Waals surface area contributed by atoms with Crippen molar-refractivity contribution in [3.8, 4) is 28.7 Å². The topological polar surface area (TPSA) is 100 Å².